The maximum atomic E-state index is 12.4. The largest absolute Gasteiger partial charge is 0.323 e. The van der Waals surface area contributed by atoms with E-state index >= 15 is 0 Å². The second kappa shape index (κ2) is 6.24. The van der Waals surface area contributed by atoms with E-state index in [1.54, 1.807) is 18.2 Å². The molecule has 1 aromatic carbocycles. The van der Waals surface area contributed by atoms with E-state index in [1.165, 1.54) is 17.3 Å². The highest BCUT2D eigenvalue weighted by Crippen LogP contribution is 2.28. The Kier molecular flexibility index (Phi) is 4.59. The molecule has 21 heavy (non-hydrogen) atoms. The molecule has 2 aromatic rings. The molecule has 0 aliphatic heterocycles. The number of halogens is 1. The Balaban J connectivity index is 2.33. The molecule has 0 bridgehead atoms. The fourth-order valence-corrected chi connectivity index (χ4v) is 2.23. The van der Waals surface area contributed by atoms with Gasteiger partial charge >= 0.3 is 0 Å². The first-order valence-electron chi connectivity index (χ1n) is 6.65. The third-order valence-corrected chi connectivity index (χ3v) is 3.37. The van der Waals surface area contributed by atoms with Gasteiger partial charge in [-0.2, -0.15) is 5.10 Å². The molecule has 0 unspecified atom stereocenters. The number of amides is 1. The molecule has 1 aromatic heterocycles. The summed E-state index contributed by atoms with van der Waals surface area (Å²) in [6.45, 7) is 6.30. The van der Waals surface area contributed by atoms with Crippen LogP contribution in [-0.2, 0) is 4.79 Å². The Labute approximate surface area is 128 Å². The quantitative estimate of drug-likeness (QED) is 0.888. The first-order valence-corrected chi connectivity index (χ1v) is 7.03. The molecule has 1 heterocycles. The van der Waals surface area contributed by atoms with Gasteiger partial charge in [-0.25, -0.2) is 9.67 Å². The topological polar surface area (TPSA) is 71.8 Å². The molecule has 0 spiro atoms. The molecule has 0 saturated carbocycles. The van der Waals surface area contributed by atoms with Crippen molar-refractivity contribution in [1.29, 1.82) is 0 Å². The number of nitrogens with zero attached hydrogens (tertiary/aromatic N) is 3. The molecule has 7 heteroatoms. The van der Waals surface area contributed by atoms with E-state index in [0.717, 1.165) is 0 Å². The number of rotatable bonds is 5. The number of likely N-dealkylation sites (N-methyl/N-ethyl adjacent to an activating group) is 1. The number of para-hydroxylation sites is 1. The van der Waals surface area contributed by atoms with Crippen LogP contribution in [0, 0.1) is 0 Å². The highest BCUT2D eigenvalue weighted by atomic mass is 35.5. The summed E-state index contributed by atoms with van der Waals surface area (Å²) in [4.78, 5) is 16.3. The summed E-state index contributed by atoms with van der Waals surface area (Å²) >= 11 is 6.22. The van der Waals surface area contributed by atoms with Crippen LogP contribution in [0.1, 0.15) is 20.8 Å². The Hall–Kier alpha value is -1.92. The van der Waals surface area contributed by atoms with E-state index in [-0.39, 0.29) is 5.91 Å². The number of carbonyl (C=O) groups is 1. The van der Waals surface area contributed by atoms with Crippen LogP contribution in [-0.4, -0.2) is 32.8 Å². The smallest absolute Gasteiger partial charge is 0.244 e. The fraction of sp³-hybridized carbons (Fsp3) is 0.357. The molecule has 0 fully saturated rings. The monoisotopic (exact) mass is 307 g/mol. The molecule has 0 atom stereocenters. The lowest BCUT2D eigenvalue weighted by Gasteiger charge is -2.25. The Bertz CT molecular complexity index is 624. The van der Waals surface area contributed by atoms with Crippen LogP contribution < -0.4 is 10.6 Å². The molecular formula is C14H18ClN5O. The van der Waals surface area contributed by atoms with Gasteiger partial charge in [-0.3, -0.25) is 4.79 Å². The van der Waals surface area contributed by atoms with Crippen molar-refractivity contribution in [2.45, 2.75) is 26.3 Å². The normalized spacial score (nSPS) is 11.4. The number of anilines is 1. The standard InChI is InChI=1S/C14H18ClN5O/c1-4-17-14(2,3)13(21)19-11-7-5-6-10(15)12(11)20-9-16-8-18-20/h5-9,17H,4H2,1-3H3,(H,19,21). The summed E-state index contributed by atoms with van der Waals surface area (Å²) in [7, 11) is 0. The van der Waals surface area contributed by atoms with Crippen LogP contribution in [0.25, 0.3) is 5.69 Å². The van der Waals surface area contributed by atoms with Crippen molar-refractivity contribution in [2.24, 2.45) is 0 Å². The predicted molar refractivity (Wildman–Crippen MR) is 82.8 cm³/mol. The number of aromatic nitrogens is 3. The van der Waals surface area contributed by atoms with Gasteiger partial charge in [0, 0.05) is 0 Å². The van der Waals surface area contributed by atoms with Crippen LogP contribution in [0.3, 0.4) is 0 Å². The lowest BCUT2D eigenvalue weighted by molar-refractivity contribution is -0.121. The van der Waals surface area contributed by atoms with Crippen molar-refractivity contribution in [3.8, 4) is 5.69 Å². The molecule has 0 aliphatic carbocycles. The minimum Gasteiger partial charge on any atom is -0.323 e. The maximum absolute atomic E-state index is 12.4. The van der Waals surface area contributed by atoms with E-state index in [2.05, 4.69) is 20.7 Å². The third kappa shape index (κ3) is 3.40. The molecule has 0 saturated heterocycles. The molecule has 112 valence electrons. The van der Waals surface area contributed by atoms with Crippen molar-refractivity contribution in [3.63, 3.8) is 0 Å². The average Bonchev–Trinajstić information content (AvgIpc) is 2.92. The van der Waals surface area contributed by atoms with Crippen molar-refractivity contribution in [1.82, 2.24) is 20.1 Å². The SMILES string of the molecule is CCNC(C)(C)C(=O)Nc1cccc(Cl)c1-n1cncn1. The van der Waals surface area contributed by atoms with Crippen LogP contribution in [0.15, 0.2) is 30.9 Å². The van der Waals surface area contributed by atoms with Gasteiger partial charge in [-0.05, 0) is 32.5 Å². The fourth-order valence-electron chi connectivity index (χ4n) is 1.97. The zero-order chi connectivity index (χ0) is 15.5. The molecular weight excluding hydrogens is 290 g/mol. The predicted octanol–water partition coefficient (Wildman–Crippen LogP) is 2.25. The first kappa shape index (κ1) is 15.5. The Morgan fingerprint density at radius 1 is 1.43 bits per heavy atom. The molecule has 2 rings (SSSR count). The van der Waals surface area contributed by atoms with Crippen molar-refractivity contribution in [3.05, 3.63) is 35.9 Å². The van der Waals surface area contributed by atoms with Gasteiger partial charge < -0.3 is 10.6 Å². The highest BCUT2D eigenvalue weighted by Gasteiger charge is 2.27. The number of hydrogen-bond donors (Lipinski definition) is 2. The summed E-state index contributed by atoms with van der Waals surface area (Å²) in [5.74, 6) is -0.145. The van der Waals surface area contributed by atoms with Crippen molar-refractivity contribution >= 4 is 23.2 Å². The van der Waals surface area contributed by atoms with E-state index < -0.39 is 5.54 Å². The summed E-state index contributed by atoms with van der Waals surface area (Å²) < 4.78 is 1.53. The van der Waals surface area contributed by atoms with Crippen LogP contribution in [0.5, 0.6) is 0 Å². The molecule has 1 amide bonds. The first-order chi connectivity index (χ1) is 9.95. The highest BCUT2D eigenvalue weighted by molar-refractivity contribution is 6.33. The number of carbonyl (C=O) groups excluding carboxylic acids is 1. The summed E-state index contributed by atoms with van der Waals surface area (Å²) in [5.41, 5.74) is 0.498. The third-order valence-electron chi connectivity index (χ3n) is 3.07. The molecule has 0 aliphatic rings. The average molecular weight is 308 g/mol. The van der Waals surface area contributed by atoms with Crippen molar-refractivity contribution in [2.75, 3.05) is 11.9 Å². The second-order valence-corrected chi connectivity index (χ2v) is 5.49. The second-order valence-electron chi connectivity index (χ2n) is 5.09. The maximum Gasteiger partial charge on any atom is 0.244 e. The Morgan fingerprint density at radius 2 is 2.19 bits per heavy atom. The van der Waals surface area contributed by atoms with E-state index in [9.17, 15) is 4.79 Å². The van der Waals surface area contributed by atoms with Gasteiger partial charge in [0.2, 0.25) is 5.91 Å². The Morgan fingerprint density at radius 3 is 2.81 bits per heavy atom. The van der Waals surface area contributed by atoms with E-state index in [0.29, 0.717) is 22.9 Å². The lowest BCUT2D eigenvalue weighted by atomic mass is 10.0. The summed E-state index contributed by atoms with van der Waals surface area (Å²) in [6.07, 6.45) is 2.95. The van der Waals surface area contributed by atoms with Gasteiger partial charge in [-0.15, -0.1) is 0 Å². The minimum absolute atomic E-state index is 0.145. The van der Waals surface area contributed by atoms with E-state index in [4.69, 9.17) is 11.6 Å². The molecule has 6 nitrogen and oxygen atoms in total. The van der Waals surface area contributed by atoms with Crippen LogP contribution >= 0.6 is 11.6 Å². The van der Waals surface area contributed by atoms with Gasteiger partial charge in [0.25, 0.3) is 0 Å². The zero-order valence-electron chi connectivity index (χ0n) is 12.2. The number of hydrogen-bond acceptors (Lipinski definition) is 4. The zero-order valence-corrected chi connectivity index (χ0v) is 13.0. The van der Waals surface area contributed by atoms with Gasteiger partial charge in [0.1, 0.15) is 18.3 Å². The van der Waals surface area contributed by atoms with Gasteiger partial charge in [-0.1, -0.05) is 24.6 Å². The molecule has 2 N–H and O–H groups in total. The van der Waals surface area contributed by atoms with E-state index in [1.807, 2.05) is 20.8 Å². The number of nitrogens with one attached hydrogen (secondary N) is 2. The van der Waals surface area contributed by atoms with Gasteiger partial charge in [0.15, 0.2) is 0 Å². The lowest BCUT2D eigenvalue weighted by Crippen LogP contribution is -2.49. The van der Waals surface area contributed by atoms with Crippen LogP contribution in [0.2, 0.25) is 5.02 Å². The molecule has 0 radical (unpaired) electrons. The summed E-state index contributed by atoms with van der Waals surface area (Å²) in [6, 6.07) is 5.30. The van der Waals surface area contributed by atoms with Gasteiger partial charge in [0.05, 0.1) is 16.2 Å². The number of benzene rings is 1. The summed E-state index contributed by atoms with van der Waals surface area (Å²) in [5, 5.41) is 10.6. The van der Waals surface area contributed by atoms with Crippen molar-refractivity contribution < 1.29 is 4.79 Å². The van der Waals surface area contributed by atoms with Crippen LogP contribution in [0.4, 0.5) is 5.69 Å². The minimum atomic E-state index is -0.684.